The molecule has 1 saturated carbocycles. The second-order valence-corrected chi connectivity index (χ2v) is 3.37. The molecule has 1 fully saturated rings. The average Bonchev–Trinajstić information content (AvgIpc) is 2.45. The first kappa shape index (κ1) is 6.07. The Morgan fingerprint density at radius 2 is 2.44 bits per heavy atom. The van der Waals surface area contributed by atoms with Crippen molar-refractivity contribution < 1.29 is 0 Å². The van der Waals surface area contributed by atoms with Gasteiger partial charge in [0.15, 0.2) is 0 Å². The molecule has 9 heavy (non-hydrogen) atoms. The fourth-order valence-corrected chi connectivity index (χ4v) is 2.35. The molecule has 0 aromatic carbocycles. The summed E-state index contributed by atoms with van der Waals surface area (Å²) in [6, 6.07) is 0. The minimum absolute atomic E-state index is 0.991. The van der Waals surface area contributed by atoms with Crippen molar-refractivity contribution in [3.63, 3.8) is 0 Å². The molecule has 44 valence electrons. The molecule has 2 aliphatic carbocycles. The van der Waals surface area contributed by atoms with Gasteiger partial charge in [0.1, 0.15) is 0 Å². The van der Waals surface area contributed by atoms with E-state index in [-0.39, 0.29) is 0 Å². The van der Waals surface area contributed by atoms with Crippen LogP contribution in [-0.4, -0.2) is 17.7 Å². The second kappa shape index (κ2) is 2.18. The third kappa shape index (κ3) is 0.895. The van der Waals surface area contributed by atoms with Crippen LogP contribution in [0.3, 0.4) is 0 Å². The van der Waals surface area contributed by atoms with Gasteiger partial charge in [-0.15, -0.1) is 0 Å². The van der Waals surface area contributed by atoms with Gasteiger partial charge in [-0.25, -0.2) is 0 Å². The SMILES string of the molecule is [Li][CH2]C1=CC2CCC1C2. The third-order valence-electron chi connectivity index (χ3n) is 2.86. The molecule has 0 N–H and O–H groups in total. The summed E-state index contributed by atoms with van der Waals surface area (Å²) >= 11 is 2.28. The zero-order valence-corrected chi connectivity index (χ0v) is 6.06. The number of hydrogen-bond donors (Lipinski definition) is 0. The molecule has 0 aliphatic heterocycles. The van der Waals surface area contributed by atoms with Crippen molar-refractivity contribution in [1.82, 2.24) is 0 Å². The molecule has 0 aromatic heterocycles. The fraction of sp³-hybridized carbons (Fsp3) is 0.750. The van der Waals surface area contributed by atoms with Gasteiger partial charge in [0.05, 0.1) is 0 Å². The molecule has 2 atom stereocenters. The molecular weight excluding hydrogens is 103 g/mol. The van der Waals surface area contributed by atoms with Gasteiger partial charge in [0, 0.05) is 0 Å². The van der Waals surface area contributed by atoms with Gasteiger partial charge in [0.2, 0.25) is 0 Å². The molecule has 2 unspecified atom stereocenters. The van der Waals surface area contributed by atoms with Crippen molar-refractivity contribution in [2.24, 2.45) is 11.8 Å². The van der Waals surface area contributed by atoms with Crippen LogP contribution in [0.25, 0.3) is 0 Å². The van der Waals surface area contributed by atoms with E-state index in [1.165, 1.54) is 24.4 Å². The number of rotatable bonds is 1. The van der Waals surface area contributed by atoms with Crippen LogP contribution in [0.2, 0.25) is 5.09 Å². The minimum atomic E-state index is 0.991. The molecular formula is C8H11Li. The van der Waals surface area contributed by atoms with Crippen LogP contribution in [0.15, 0.2) is 11.6 Å². The number of allylic oxidation sites excluding steroid dienone is 2. The Bertz CT molecular complexity index is 149. The Morgan fingerprint density at radius 1 is 1.56 bits per heavy atom. The van der Waals surface area contributed by atoms with E-state index in [1.807, 2.05) is 0 Å². The Morgan fingerprint density at radius 3 is 2.78 bits per heavy atom. The van der Waals surface area contributed by atoms with Gasteiger partial charge in [-0.2, -0.15) is 0 Å². The number of fused-ring (bicyclic) bond motifs is 2. The van der Waals surface area contributed by atoms with E-state index in [4.69, 9.17) is 0 Å². The van der Waals surface area contributed by atoms with Crippen molar-refractivity contribution >= 4 is 17.7 Å². The number of hydrogen-bond acceptors (Lipinski definition) is 0. The van der Waals surface area contributed by atoms with Crippen molar-refractivity contribution in [1.29, 1.82) is 0 Å². The van der Waals surface area contributed by atoms with E-state index in [1.54, 1.807) is 5.57 Å². The summed E-state index contributed by atoms with van der Waals surface area (Å²) in [6.07, 6.45) is 6.98. The van der Waals surface area contributed by atoms with Crippen LogP contribution in [0, 0.1) is 11.8 Å². The first-order valence-electron chi connectivity index (χ1n) is 4.10. The molecule has 0 spiro atoms. The second-order valence-electron chi connectivity index (χ2n) is 3.37. The van der Waals surface area contributed by atoms with Gasteiger partial charge < -0.3 is 0 Å². The van der Waals surface area contributed by atoms with Crippen molar-refractivity contribution in [3.8, 4) is 0 Å². The maximum absolute atomic E-state index is 2.52. The van der Waals surface area contributed by atoms with Crippen LogP contribution in [0.1, 0.15) is 19.3 Å². The van der Waals surface area contributed by atoms with Gasteiger partial charge in [0.25, 0.3) is 0 Å². The van der Waals surface area contributed by atoms with Gasteiger partial charge >= 0.3 is 65.6 Å². The van der Waals surface area contributed by atoms with Crippen molar-refractivity contribution in [2.45, 2.75) is 24.4 Å². The standard InChI is InChI=1S/C8H11.Li/c1-6-4-7-2-3-8(6)5-7;/h4,7-8H,1-3,5H2;. The Kier molecular flexibility index (Phi) is 1.47. The quantitative estimate of drug-likeness (QED) is 0.361. The zero-order chi connectivity index (χ0) is 6.27. The normalized spacial score (nSPS) is 39.6. The Hall–Kier alpha value is 0.337. The maximum atomic E-state index is 2.52. The van der Waals surface area contributed by atoms with E-state index in [9.17, 15) is 0 Å². The van der Waals surface area contributed by atoms with Gasteiger partial charge in [-0.1, -0.05) is 0 Å². The van der Waals surface area contributed by atoms with Crippen LogP contribution < -0.4 is 0 Å². The molecule has 0 aromatic rings. The average molecular weight is 114 g/mol. The molecule has 2 bridgehead atoms. The van der Waals surface area contributed by atoms with Crippen molar-refractivity contribution in [3.05, 3.63) is 11.6 Å². The molecule has 1 heteroatoms. The Balaban J connectivity index is 2.18. The summed E-state index contributed by atoms with van der Waals surface area (Å²) in [4.78, 5) is 0. The van der Waals surface area contributed by atoms with Gasteiger partial charge in [-0.05, 0) is 0 Å². The van der Waals surface area contributed by atoms with E-state index < -0.39 is 0 Å². The van der Waals surface area contributed by atoms with Crippen LogP contribution in [0.5, 0.6) is 0 Å². The fourth-order valence-electron chi connectivity index (χ4n) is 2.35. The first-order chi connectivity index (χ1) is 4.40. The van der Waals surface area contributed by atoms with E-state index in [0.717, 1.165) is 11.8 Å². The van der Waals surface area contributed by atoms with E-state index in [0.29, 0.717) is 0 Å². The predicted molar refractivity (Wildman–Crippen MR) is 39.5 cm³/mol. The topological polar surface area (TPSA) is 0 Å². The summed E-state index contributed by atoms with van der Waals surface area (Å²) in [5.74, 6) is 2.00. The molecule has 0 nitrogen and oxygen atoms in total. The summed E-state index contributed by atoms with van der Waals surface area (Å²) in [5.41, 5.74) is 1.76. The third-order valence-corrected chi connectivity index (χ3v) is 2.86. The molecule has 0 radical (unpaired) electrons. The monoisotopic (exact) mass is 114 g/mol. The zero-order valence-electron chi connectivity index (χ0n) is 6.06. The van der Waals surface area contributed by atoms with Gasteiger partial charge in [-0.3, -0.25) is 0 Å². The molecule has 0 amide bonds. The summed E-state index contributed by atoms with van der Waals surface area (Å²) in [7, 11) is 0. The summed E-state index contributed by atoms with van der Waals surface area (Å²) in [5, 5.41) is 1.31. The first-order valence-corrected chi connectivity index (χ1v) is 4.10. The molecule has 2 aliphatic rings. The Labute approximate surface area is 65.9 Å². The molecule has 0 heterocycles. The van der Waals surface area contributed by atoms with Crippen LogP contribution in [-0.2, 0) is 0 Å². The van der Waals surface area contributed by atoms with Crippen LogP contribution in [0.4, 0.5) is 0 Å². The summed E-state index contributed by atoms with van der Waals surface area (Å²) < 4.78 is 0. The van der Waals surface area contributed by atoms with E-state index in [2.05, 4.69) is 23.8 Å². The van der Waals surface area contributed by atoms with Crippen LogP contribution >= 0.6 is 0 Å². The van der Waals surface area contributed by atoms with Crippen molar-refractivity contribution in [2.75, 3.05) is 0 Å². The molecule has 0 saturated heterocycles. The predicted octanol–water partition coefficient (Wildman–Crippen LogP) is 1.93. The van der Waals surface area contributed by atoms with E-state index >= 15 is 0 Å². The molecule has 2 rings (SSSR count). The summed E-state index contributed by atoms with van der Waals surface area (Å²) in [6.45, 7) is 0.